The van der Waals surface area contributed by atoms with Crippen LogP contribution in [0.2, 0.25) is 5.02 Å². The van der Waals surface area contributed by atoms with Crippen LogP contribution in [0.15, 0.2) is 47.4 Å². The zero-order chi connectivity index (χ0) is 16.3. The largest absolute Gasteiger partial charge is 0.496 e. The molecular formula is C15H14ClNO4S. The Balaban J connectivity index is 2.34. The minimum Gasteiger partial charge on any atom is -0.496 e. The third-order valence-electron chi connectivity index (χ3n) is 2.98. The molecule has 7 heteroatoms. The minimum absolute atomic E-state index is 0.00234. The van der Waals surface area contributed by atoms with Crippen LogP contribution < -0.4 is 9.46 Å². The highest BCUT2D eigenvalue weighted by Crippen LogP contribution is 2.26. The number of halogens is 1. The number of hydrogen-bond acceptors (Lipinski definition) is 4. The molecule has 0 aliphatic heterocycles. The van der Waals surface area contributed by atoms with Crippen molar-refractivity contribution in [2.75, 3.05) is 7.11 Å². The van der Waals surface area contributed by atoms with Crippen LogP contribution in [-0.2, 0) is 10.0 Å². The van der Waals surface area contributed by atoms with E-state index in [2.05, 4.69) is 0 Å². The summed E-state index contributed by atoms with van der Waals surface area (Å²) in [5, 5.41) is 0.107. The molecule has 2 aromatic rings. The van der Waals surface area contributed by atoms with Crippen molar-refractivity contribution in [2.45, 2.75) is 11.8 Å². The van der Waals surface area contributed by atoms with Gasteiger partial charge < -0.3 is 4.74 Å². The molecule has 2 aromatic carbocycles. The van der Waals surface area contributed by atoms with E-state index in [9.17, 15) is 13.2 Å². The van der Waals surface area contributed by atoms with Crippen molar-refractivity contribution in [1.29, 1.82) is 0 Å². The first-order valence-corrected chi connectivity index (χ1v) is 8.17. The second-order valence-corrected chi connectivity index (χ2v) is 6.65. The highest BCUT2D eigenvalue weighted by molar-refractivity contribution is 7.90. The van der Waals surface area contributed by atoms with Gasteiger partial charge in [-0.15, -0.1) is 0 Å². The fourth-order valence-corrected chi connectivity index (χ4v) is 3.05. The Bertz CT molecular complexity index is 801. The second-order valence-electron chi connectivity index (χ2n) is 4.56. The average molecular weight is 340 g/mol. The van der Waals surface area contributed by atoms with E-state index in [4.69, 9.17) is 16.3 Å². The maximum Gasteiger partial charge on any atom is 0.270 e. The minimum atomic E-state index is -3.98. The van der Waals surface area contributed by atoms with Gasteiger partial charge in [-0.3, -0.25) is 4.79 Å². The number of sulfonamides is 1. The SMILES string of the molecule is COc1cccc(Cl)c1C(=O)NS(=O)(=O)c1ccc(C)cc1. The smallest absolute Gasteiger partial charge is 0.270 e. The molecule has 0 aliphatic carbocycles. The zero-order valence-electron chi connectivity index (χ0n) is 12.0. The molecule has 0 radical (unpaired) electrons. The van der Waals surface area contributed by atoms with Crippen molar-refractivity contribution < 1.29 is 17.9 Å². The highest BCUT2D eigenvalue weighted by Gasteiger charge is 2.23. The summed E-state index contributed by atoms with van der Waals surface area (Å²) in [6.07, 6.45) is 0. The van der Waals surface area contributed by atoms with Crippen LogP contribution in [0, 0.1) is 6.92 Å². The summed E-state index contributed by atoms with van der Waals surface area (Å²) in [4.78, 5) is 12.2. The quantitative estimate of drug-likeness (QED) is 0.929. The van der Waals surface area contributed by atoms with Gasteiger partial charge in [-0.1, -0.05) is 35.4 Å². The molecule has 0 bridgehead atoms. The number of carbonyl (C=O) groups excluding carboxylic acids is 1. The van der Waals surface area contributed by atoms with E-state index in [1.54, 1.807) is 18.2 Å². The van der Waals surface area contributed by atoms with E-state index < -0.39 is 15.9 Å². The van der Waals surface area contributed by atoms with Crippen molar-refractivity contribution in [3.8, 4) is 5.75 Å². The Morgan fingerprint density at radius 1 is 1.14 bits per heavy atom. The van der Waals surface area contributed by atoms with Gasteiger partial charge in [0.05, 0.1) is 17.0 Å². The summed E-state index contributed by atoms with van der Waals surface area (Å²) in [6.45, 7) is 1.84. The average Bonchev–Trinajstić information content (AvgIpc) is 2.46. The summed E-state index contributed by atoms with van der Waals surface area (Å²) in [7, 11) is -2.61. The first kappa shape index (κ1) is 16.3. The molecule has 0 heterocycles. The molecule has 1 amide bonds. The molecule has 5 nitrogen and oxygen atoms in total. The maximum atomic E-state index is 12.2. The second kappa shape index (κ2) is 6.37. The highest BCUT2D eigenvalue weighted by atomic mass is 35.5. The number of ether oxygens (including phenoxy) is 1. The predicted molar refractivity (Wildman–Crippen MR) is 83.8 cm³/mol. The van der Waals surface area contributed by atoms with Gasteiger partial charge in [0.2, 0.25) is 0 Å². The van der Waals surface area contributed by atoms with Crippen molar-refractivity contribution in [1.82, 2.24) is 4.72 Å². The van der Waals surface area contributed by atoms with E-state index in [-0.39, 0.29) is 21.2 Å². The zero-order valence-corrected chi connectivity index (χ0v) is 13.5. The van der Waals surface area contributed by atoms with Crippen LogP contribution in [0.5, 0.6) is 5.75 Å². The third kappa shape index (κ3) is 3.40. The molecule has 2 rings (SSSR count). The molecule has 0 fully saturated rings. The van der Waals surface area contributed by atoms with Gasteiger partial charge in [0.15, 0.2) is 0 Å². The Morgan fingerprint density at radius 3 is 2.36 bits per heavy atom. The summed E-state index contributed by atoms with van der Waals surface area (Å²) < 4.78 is 31.5. The lowest BCUT2D eigenvalue weighted by Crippen LogP contribution is -2.31. The molecule has 1 N–H and O–H groups in total. The first-order valence-electron chi connectivity index (χ1n) is 6.31. The third-order valence-corrected chi connectivity index (χ3v) is 4.64. The fraction of sp³-hybridized carbons (Fsp3) is 0.133. The normalized spacial score (nSPS) is 11.0. The number of hydrogen-bond donors (Lipinski definition) is 1. The lowest BCUT2D eigenvalue weighted by Gasteiger charge is -2.11. The molecule has 22 heavy (non-hydrogen) atoms. The van der Waals surface area contributed by atoms with Crippen molar-refractivity contribution >= 4 is 27.5 Å². The standard InChI is InChI=1S/C15H14ClNO4S/c1-10-6-8-11(9-7-10)22(19,20)17-15(18)14-12(16)4-3-5-13(14)21-2/h3-9H,1-2H3,(H,17,18). The topological polar surface area (TPSA) is 72.5 Å². The van der Waals surface area contributed by atoms with Gasteiger partial charge in [-0.05, 0) is 31.2 Å². The molecule has 0 aromatic heterocycles. The van der Waals surface area contributed by atoms with E-state index in [1.807, 2.05) is 11.6 Å². The van der Waals surface area contributed by atoms with Crippen LogP contribution >= 0.6 is 11.6 Å². The van der Waals surface area contributed by atoms with E-state index in [0.717, 1.165) is 5.56 Å². The van der Waals surface area contributed by atoms with Crippen molar-refractivity contribution in [3.63, 3.8) is 0 Å². The van der Waals surface area contributed by atoms with Crippen LogP contribution in [0.1, 0.15) is 15.9 Å². The number of benzene rings is 2. The lowest BCUT2D eigenvalue weighted by atomic mass is 10.2. The van der Waals surface area contributed by atoms with Crippen LogP contribution in [0.3, 0.4) is 0 Å². The van der Waals surface area contributed by atoms with Crippen LogP contribution in [-0.4, -0.2) is 21.4 Å². The van der Waals surface area contributed by atoms with Gasteiger partial charge in [0.1, 0.15) is 11.3 Å². The number of aryl methyl sites for hydroxylation is 1. The van der Waals surface area contributed by atoms with Crippen LogP contribution in [0.25, 0.3) is 0 Å². The summed E-state index contributed by atoms with van der Waals surface area (Å²) >= 11 is 5.96. The number of carbonyl (C=O) groups is 1. The molecule has 0 unspecified atom stereocenters. The van der Waals surface area contributed by atoms with Gasteiger partial charge in [0.25, 0.3) is 15.9 Å². The number of amides is 1. The van der Waals surface area contributed by atoms with E-state index >= 15 is 0 Å². The van der Waals surface area contributed by atoms with E-state index in [0.29, 0.717) is 0 Å². The first-order chi connectivity index (χ1) is 10.3. The number of nitrogens with one attached hydrogen (secondary N) is 1. The predicted octanol–water partition coefficient (Wildman–Crippen LogP) is 2.78. The fourth-order valence-electron chi connectivity index (χ4n) is 1.84. The van der Waals surface area contributed by atoms with Gasteiger partial charge >= 0.3 is 0 Å². The molecular weight excluding hydrogens is 326 g/mol. The number of rotatable bonds is 4. The number of methoxy groups -OCH3 is 1. The molecule has 0 aliphatic rings. The van der Waals surface area contributed by atoms with Crippen molar-refractivity contribution in [2.24, 2.45) is 0 Å². The van der Waals surface area contributed by atoms with Crippen LogP contribution in [0.4, 0.5) is 0 Å². The van der Waals surface area contributed by atoms with Crippen molar-refractivity contribution in [3.05, 3.63) is 58.6 Å². The molecule has 0 spiro atoms. The maximum absolute atomic E-state index is 12.2. The Labute approximate surface area is 133 Å². The molecule has 0 saturated carbocycles. The Hall–Kier alpha value is -2.05. The van der Waals surface area contributed by atoms with Gasteiger partial charge in [-0.25, -0.2) is 13.1 Å². The summed E-state index contributed by atoms with van der Waals surface area (Å²) in [6, 6.07) is 10.8. The van der Waals surface area contributed by atoms with Gasteiger partial charge in [0, 0.05) is 0 Å². The van der Waals surface area contributed by atoms with Gasteiger partial charge in [-0.2, -0.15) is 0 Å². The van der Waals surface area contributed by atoms with E-state index in [1.165, 1.54) is 31.4 Å². The lowest BCUT2D eigenvalue weighted by molar-refractivity contribution is 0.0978. The summed E-state index contributed by atoms with van der Waals surface area (Å²) in [5.41, 5.74) is 0.889. The Morgan fingerprint density at radius 2 is 1.77 bits per heavy atom. The molecule has 0 atom stereocenters. The Kier molecular flexibility index (Phi) is 4.73. The molecule has 0 saturated heterocycles. The molecule has 116 valence electrons. The monoisotopic (exact) mass is 339 g/mol. The summed E-state index contributed by atoms with van der Waals surface area (Å²) in [5.74, 6) is -0.646.